The first-order valence-corrected chi connectivity index (χ1v) is 9.26. The third-order valence-electron chi connectivity index (χ3n) is 5.50. The Labute approximate surface area is 149 Å². The molecule has 7 nitrogen and oxygen atoms in total. The minimum atomic E-state index is -0.649. The molecule has 0 bridgehead atoms. The van der Waals surface area contributed by atoms with Crippen LogP contribution in [0.3, 0.4) is 0 Å². The Morgan fingerprint density at radius 1 is 1.56 bits per heavy atom. The average molecular weight is 349 g/mol. The lowest BCUT2D eigenvalue weighted by atomic mass is 9.55. The van der Waals surface area contributed by atoms with Crippen LogP contribution in [-0.4, -0.2) is 52.7 Å². The highest BCUT2D eigenvalue weighted by molar-refractivity contribution is 5.80. The van der Waals surface area contributed by atoms with Gasteiger partial charge in [0.05, 0.1) is 18.8 Å². The number of nitrogens with zero attached hydrogens (tertiary/aromatic N) is 3. The van der Waals surface area contributed by atoms with Crippen molar-refractivity contribution in [2.45, 2.75) is 51.9 Å². The second-order valence-corrected chi connectivity index (χ2v) is 7.72. The summed E-state index contributed by atoms with van der Waals surface area (Å²) in [6.07, 6.45) is 5.51. The van der Waals surface area contributed by atoms with E-state index in [1.165, 1.54) is 6.42 Å². The Morgan fingerprint density at radius 2 is 2.36 bits per heavy atom. The van der Waals surface area contributed by atoms with Crippen LogP contribution >= 0.6 is 0 Å². The average Bonchev–Trinajstić information content (AvgIpc) is 3.03. The zero-order valence-corrected chi connectivity index (χ0v) is 15.7. The quantitative estimate of drug-likeness (QED) is 0.550. The van der Waals surface area contributed by atoms with Crippen LogP contribution in [0.15, 0.2) is 17.4 Å². The van der Waals surface area contributed by atoms with Gasteiger partial charge in [-0.2, -0.15) is 5.10 Å². The molecule has 0 aromatic carbocycles. The van der Waals surface area contributed by atoms with Gasteiger partial charge in [-0.3, -0.25) is 9.67 Å². The molecule has 4 unspecified atom stereocenters. The molecule has 0 amide bonds. The third-order valence-corrected chi connectivity index (χ3v) is 5.50. The molecule has 4 atom stereocenters. The molecule has 0 radical (unpaired) electrons. The molecule has 3 rings (SSSR count). The fraction of sp³-hybridized carbons (Fsp3) is 0.778. The summed E-state index contributed by atoms with van der Waals surface area (Å²) in [7, 11) is 1.84. The first kappa shape index (κ1) is 18.2. The molecule has 2 aliphatic rings. The number of aliphatic hydroxyl groups is 1. The van der Waals surface area contributed by atoms with E-state index in [-0.39, 0.29) is 5.41 Å². The number of hydrogen-bond acceptors (Lipinski definition) is 4. The van der Waals surface area contributed by atoms with Crippen LogP contribution in [0.1, 0.15) is 45.3 Å². The summed E-state index contributed by atoms with van der Waals surface area (Å²) in [6, 6.07) is 0.339. The topological polar surface area (TPSA) is 83.7 Å². The normalized spacial score (nSPS) is 29.5. The lowest BCUT2D eigenvalue weighted by Crippen LogP contribution is -2.71. The fourth-order valence-electron chi connectivity index (χ4n) is 4.18. The van der Waals surface area contributed by atoms with Crippen LogP contribution in [0.5, 0.6) is 0 Å². The SMILES string of the molecule is CCNC(=NCC(O)c1cnn(C)c1)NC1C2CCCOC2C1(C)C. The molecule has 1 aromatic heterocycles. The van der Waals surface area contributed by atoms with Gasteiger partial charge in [-0.25, -0.2) is 0 Å². The van der Waals surface area contributed by atoms with Crippen molar-refractivity contribution in [3.05, 3.63) is 18.0 Å². The summed E-state index contributed by atoms with van der Waals surface area (Å²) in [6.45, 7) is 8.53. The third kappa shape index (κ3) is 3.67. The van der Waals surface area contributed by atoms with Gasteiger partial charge in [-0.05, 0) is 19.8 Å². The lowest BCUT2D eigenvalue weighted by molar-refractivity contribution is -0.188. The fourth-order valence-corrected chi connectivity index (χ4v) is 4.18. The standard InChI is InChI=1S/C18H31N5O2/c1-5-19-17(20-10-14(24)12-9-21-23(4)11-12)22-15-13-7-6-8-25-16(13)18(15,2)3/h9,11,13-16,24H,5-8,10H2,1-4H3,(H2,19,20,22). The maximum absolute atomic E-state index is 10.3. The molecular weight excluding hydrogens is 318 g/mol. The van der Waals surface area contributed by atoms with Crippen LogP contribution in [0, 0.1) is 11.3 Å². The number of aryl methyl sites for hydroxylation is 1. The number of aromatic nitrogens is 2. The van der Waals surface area contributed by atoms with E-state index in [1.54, 1.807) is 10.9 Å². The Hall–Kier alpha value is -1.60. The van der Waals surface area contributed by atoms with Gasteiger partial charge in [0.1, 0.15) is 6.10 Å². The zero-order valence-electron chi connectivity index (χ0n) is 15.7. The molecule has 2 heterocycles. The van der Waals surface area contributed by atoms with Gasteiger partial charge in [0, 0.05) is 49.3 Å². The van der Waals surface area contributed by atoms with Crippen LogP contribution in [0.4, 0.5) is 0 Å². The van der Waals surface area contributed by atoms with Crippen molar-refractivity contribution < 1.29 is 9.84 Å². The maximum atomic E-state index is 10.3. The van der Waals surface area contributed by atoms with E-state index >= 15 is 0 Å². The highest BCUT2D eigenvalue weighted by Crippen LogP contribution is 2.51. The van der Waals surface area contributed by atoms with E-state index in [2.05, 4.69) is 34.6 Å². The number of aliphatic hydroxyl groups excluding tert-OH is 1. The Morgan fingerprint density at radius 3 is 3.04 bits per heavy atom. The van der Waals surface area contributed by atoms with E-state index in [4.69, 9.17) is 4.74 Å². The van der Waals surface area contributed by atoms with Crippen LogP contribution in [-0.2, 0) is 11.8 Å². The molecule has 1 aromatic rings. The van der Waals surface area contributed by atoms with Gasteiger partial charge < -0.3 is 20.5 Å². The second kappa shape index (κ2) is 7.33. The number of hydrogen-bond donors (Lipinski definition) is 3. The summed E-state index contributed by atoms with van der Waals surface area (Å²) >= 11 is 0. The molecule has 7 heteroatoms. The second-order valence-electron chi connectivity index (χ2n) is 7.72. The van der Waals surface area contributed by atoms with Crippen molar-refractivity contribution in [2.24, 2.45) is 23.4 Å². The Balaban J connectivity index is 1.64. The van der Waals surface area contributed by atoms with Gasteiger partial charge in [0.2, 0.25) is 0 Å². The predicted octanol–water partition coefficient (Wildman–Crippen LogP) is 1.21. The molecule has 0 spiro atoms. The van der Waals surface area contributed by atoms with Crippen molar-refractivity contribution >= 4 is 5.96 Å². The van der Waals surface area contributed by atoms with E-state index < -0.39 is 6.10 Å². The van der Waals surface area contributed by atoms with E-state index in [1.807, 2.05) is 20.2 Å². The monoisotopic (exact) mass is 349 g/mol. The maximum Gasteiger partial charge on any atom is 0.191 e. The van der Waals surface area contributed by atoms with Crippen molar-refractivity contribution in [3.8, 4) is 0 Å². The molecule has 1 aliphatic heterocycles. The lowest BCUT2D eigenvalue weighted by Gasteiger charge is -2.60. The van der Waals surface area contributed by atoms with Crippen molar-refractivity contribution in [2.75, 3.05) is 19.7 Å². The van der Waals surface area contributed by atoms with Crippen LogP contribution in [0.2, 0.25) is 0 Å². The summed E-state index contributed by atoms with van der Waals surface area (Å²) in [5.74, 6) is 1.29. The van der Waals surface area contributed by atoms with Crippen molar-refractivity contribution in [1.29, 1.82) is 0 Å². The number of nitrogens with one attached hydrogen (secondary N) is 2. The van der Waals surface area contributed by atoms with Gasteiger partial charge >= 0.3 is 0 Å². The first-order valence-electron chi connectivity index (χ1n) is 9.26. The Bertz CT molecular complexity index is 612. The molecule has 25 heavy (non-hydrogen) atoms. The van der Waals surface area contributed by atoms with E-state index in [0.717, 1.165) is 31.1 Å². The van der Waals surface area contributed by atoms with E-state index in [9.17, 15) is 5.11 Å². The van der Waals surface area contributed by atoms with Crippen LogP contribution < -0.4 is 10.6 Å². The van der Waals surface area contributed by atoms with E-state index in [0.29, 0.717) is 24.6 Å². The molecule has 1 aliphatic carbocycles. The highest BCUT2D eigenvalue weighted by atomic mass is 16.5. The zero-order chi connectivity index (χ0) is 18.0. The molecular formula is C18H31N5O2. The minimum Gasteiger partial charge on any atom is -0.386 e. The van der Waals surface area contributed by atoms with Gasteiger partial charge in [0.15, 0.2) is 5.96 Å². The number of fused-ring (bicyclic) bond motifs is 1. The predicted molar refractivity (Wildman–Crippen MR) is 97.3 cm³/mol. The summed E-state index contributed by atoms with van der Waals surface area (Å²) in [5.41, 5.74) is 0.871. The summed E-state index contributed by atoms with van der Waals surface area (Å²) in [5, 5.41) is 21.3. The van der Waals surface area contributed by atoms with Crippen LogP contribution in [0.25, 0.3) is 0 Å². The highest BCUT2D eigenvalue weighted by Gasteiger charge is 2.58. The molecule has 1 saturated heterocycles. The smallest absolute Gasteiger partial charge is 0.191 e. The largest absolute Gasteiger partial charge is 0.386 e. The van der Waals surface area contributed by atoms with Gasteiger partial charge in [-0.1, -0.05) is 13.8 Å². The van der Waals surface area contributed by atoms with Crippen molar-refractivity contribution in [3.63, 3.8) is 0 Å². The molecule has 1 saturated carbocycles. The number of ether oxygens (including phenoxy) is 1. The van der Waals surface area contributed by atoms with Gasteiger partial charge in [-0.15, -0.1) is 0 Å². The van der Waals surface area contributed by atoms with Crippen molar-refractivity contribution in [1.82, 2.24) is 20.4 Å². The Kier molecular flexibility index (Phi) is 5.34. The molecule has 2 fully saturated rings. The summed E-state index contributed by atoms with van der Waals surface area (Å²) < 4.78 is 7.66. The summed E-state index contributed by atoms with van der Waals surface area (Å²) in [4.78, 5) is 4.59. The molecule has 3 N–H and O–H groups in total. The number of guanidine groups is 1. The number of rotatable bonds is 5. The number of aliphatic imine (C=N–C) groups is 1. The first-order chi connectivity index (χ1) is 11.9. The molecule has 140 valence electrons. The van der Waals surface area contributed by atoms with Gasteiger partial charge in [0.25, 0.3) is 0 Å². The minimum absolute atomic E-state index is 0.0866.